The van der Waals surface area contributed by atoms with Crippen molar-refractivity contribution >= 4 is 5.78 Å². The first-order valence-corrected chi connectivity index (χ1v) is 7.11. The summed E-state index contributed by atoms with van der Waals surface area (Å²) in [4.78, 5) is 12.5. The SMILES string of the molecule is COc1ccccc1CC(=O)C1C2CCC(C2)C1N. The largest absolute Gasteiger partial charge is 0.496 e. The van der Waals surface area contributed by atoms with E-state index in [1.54, 1.807) is 7.11 Å². The number of para-hydroxylation sites is 1. The molecule has 0 aliphatic heterocycles. The summed E-state index contributed by atoms with van der Waals surface area (Å²) in [6, 6.07) is 7.83. The van der Waals surface area contributed by atoms with Crippen LogP contribution in [0.15, 0.2) is 24.3 Å². The number of hydrogen-bond acceptors (Lipinski definition) is 3. The van der Waals surface area contributed by atoms with Crippen molar-refractivity contribution in [3.63, 3.8) is 0 Å². The van der Waals surface area contributed by atoms with Gasteiger partial charge in [0.15, 0.2) is 0 Å². The molecule has 0 saturated heterocycles. The van der Waals surface area contributed by atoms with Crippen molar-refractivity contribution in [3.8, 4) is 5.75 Å². The fourth-order valence-electron chi connectivity index (χ4n) is 3.97. The molecule has 0 amide bonds. The molecule has 3 heteroatoms. The summed E-state index contributed by atoms with van der Waals surface area (Å²) in [5.74, 6) is 2.28. The van der Waals surface area contributed by atoms with Crippen molar-refractivity contribution in [3.05, 3.63) is 29.8 Å². The van der Waals surface area contributed by atoms with Crippen molar-refractivity contribution in [2.75, 3.05) is 7.11 Å². The van der Waals surface area contributed by atoms with Gasteiger partial charge < -0.3 is 10.5 Å². The zero-order valence-corrected chi connectivity index (χ0v) is 11.3. The zero-order valence-electron chi connectivity index (χ0n) is 11.3. The number of methoxy groups -OCH3 is 1. The van der Waals surface area contributed by atoms with Crippen LogP contribution in [-0.4, -0.2) is 18.9 Å². The molecule has 1 aromatic rings. The van der Waals surface area contributed by atoms with E-state index in [0.717, 1.165) is 17.7 Å². The van der Waals surface area contributed by atoms with E-state index < -0.39 is 0 Å². The number of ketones is 1. The molecule has 3 nitrogen and oxygen atoms in total. The van der Waals surface area contributed by atoms with Gasteiger partial charge in [-0.25, -0.2) is 0 Å². The summed E-state index contributed by atoms with van der Waals surface area (Å²) in [7, 11) is 1.65. The fraction of sp³-hybridized carbons (Fsp3) is 0.562. The maximum absolute atomic E-state index is 12.5. The van der Waals surface area contributed by atoms with Gasteiger partial charge >= 0.3 is 0 Å². The summed E-state index contributed by atoms with van der Waals surface area (Å²) >= 11 is 0. The summed E-state index contributed by atoms with van der Waals surface area (Å²) in [6.45, 7) is 0. The minimum absolute atomic E-state index is 0.0728. The molecule has 2 N–H and O–H groups in total. The summed E-state index contributed by atoms with van der Waals surface area (Å²) < 4.78 is 5.31. The molecule has 4 atom stereocenters. The van der Waals surface area contributed by atoms with E-state index in [4.69, 9.17) is 10.5 Å². The van der Waals surface area contributed by atoms with Gasteiger partial charge in [-0.05, 0) is 37.2 Å². The van der Waals surface area contributed by atoms with Crippen LogP contribution in [0, 0.1) is 17.8 Å². The topological polar surface area (TPSA) is 52.3 Å². The van der Waals surface area contributed by atoms with Crippen molar-refractivity contribution in [1.82, 2.24) is 0 Å². The molecule has 4 unspecified atom stereocenters. The van der Waals surface area contributed by atoms with Crippen molar-refractivity contribution in [1.29, 1.82) is 0 Å². The van der Waals surface area contributed by atoms with Crippen LogP contribution < -0.4 is 10.5 Å². The Labute approximate surface area is 114 Å². The minimum Gasteiger partial charge on any atom is -0.496 e. The lowest BCUT2D eigenvalue weighted by molar-refractivity contribution is -0.124. The zero-order chi connectivity index (χ0) is 13.4. The van der Waals surface area contributed by atoms with Crippen LogP contribution in [0.2, 0.25) is 0 Å². The number of carbonyl (C=O) groups excluding carboxylic acids is 1. The summed E-state index contributed by atoms with van der Waals surface area (Å²) in [6.07, 6.45) is 4.00. The maximum Gasteiger partial charge on any atom is 0.142 e. The Balaban J connectivity index is 1.75. The standard InChI is InChI=1S/C16H21NO2/c1-19-14-5-3-2-4-10(14)9-13(18)15-11-6-7-12(8-11)16(15)17/h2-5,11-12,15-16H,6-9,17H2,1H3. The van der Waals surface area contributed by atoms with Crippen LogP contribution in [0.3, 0.4) is 0 Å². The quantitative estimate of drug-likeness (QED) is 0.901. The third-order valence-corrected chi connectivity index (χ3v) is 4.91. The summed E-state index contributed by atoms with van der Waals surface area (Å²) in [5, 5.41) is 0. The lowest BCUT2D eigenvalue weighted by Crippen LogP contribution is -2.40. The molecule has 0 spiro atoms. The van der Waals surface area contributed by atoms with Crippen LogP contribution in [0.1, 0.15) is 24.8 Å². The number of hydrogen-bond donors (Lipinski definition) is 1. The van der Waals surface area contributed by atoms with Crippen molar-refractivity contribution < 1.29 is 9.53 Å². The van der Waals surface area contributed by atoms with Crippen LogP contribution in [0.5, 0.6) is 5.75 Å². The Morgan fingerprint density at radius 1 is 1.32 bits per heavy atom. The molecule has 2 saturated carbocycles. The molecule has 2 aliphatic carbocycles. The lowest BCUT2D eigenvalue weighted by Gasteiger charge is -2.27. The van der Waals surface area contributed by atoms with E-state index in [1.165, 1.54) is 12.8 Å². The first-order chi connectivity index (χ1) is 9.20. The highest BCUT2D eigenvalue weighted by atomic mass is 16.5. The lowest BCUT2D eigenvalue weighted by atomic mass is 9.80. The molecule has 102 valence electrons. The number of fused-ring (bicyclic) bond motifs is 2. The Hall–Kier alpha value is -1.35. The molecule has 2 aliphatic rings. The third-order valence-electron chi connectivity index (χ3n) is 4.91. The molecular weight excluding hydrogens is 238 g/mol. The van der Waals surface area contributed by atoms with E-state index in [0.29, 0.717) is 24.0 Å². The number of rotatable bonds is 4. The van der Waals surface area contributed by atoms with Gasteiger partial charge in [0.1, 0.15) is 11.5 Å². The second-order valence-electron chi connectivity index (χ2n) is 5.89. The van der Waals surface area contributed by atoms with E-state index in [2.05, 4.69) is 0 Å². The van der Waals surface area contributed by atoms with Crippen LogP contribution in [-0.2, 0) is 11.2 Å². The fourth-order valence-corrected chi connectivity index (χ4v) is 3.97. The summed E-state index contributed by atoms with van der Waals surface area (Å²) in [5.41, 5.74) is 7.21. The van der Waals surface area contributed by atoms with Gasteiger partial charge in [0.2, 0.25) is 0 Å². The molecule has 19 heavy (non-hydrogen) atoms. The highest BCUT2D eigenvalue weighted by Crippen LogP contribution is 2.48. The van der Waals surface area contributed by atoms with E-state index in [9.17, 15) is 4.79 Å². The second-order valence-corrected chi connectivity index (χ2v) is 5.89. The second kappa shape index (κ2) is 4.97. The van der Waals surface area contributed by atoms with E-state index in [-0.39, 0.29) is 12.0 Å². The average molecular weight is 259 g/mol. The van der Waals surface area contributed by atoms with Gasteiger partial charge in [0.05, 0.1) is 7.11 Å². The molecule has 2 bridgehead atoms. The van der Waals surface area contributed by atoms with Gasteiger partial charge in [-0.2, -0.15) is 0 Å². The van der Waals surface area contributed by atoms with Crippen LogP contribution in [0.4, 0.5) is 0 Å². The monoisotopic (exact) mass is 259 g/mol. The van der Waals surface area contributed by atoms with Gasteiger partial charge in [0.25, 0.3) is 0 Å². The number of nitrogens with two attached hydrogens (primary N) is 1. The maximum atomic E-state index is 12.5. The first-order valence-electron chi connectivity index (χ1n) is 7.11. The van der Waals surface area contributed by atoms with Crippen LogP contribution in [0.25, 0.3) is 0 Å². The molecule has 2 fully saturated rings. The molecule has 0 radical (unpaired) electrons. The molecule has 0 heterocycles. The predicted molar refractivity (Wildman–Crippen MR) is 74.0 cm³/mol. The molecular formula is C16H21NO2. The molecule has 1 aromatic carbocycles. The highest BCUT2D eigenvalue weighted by Gasteiger charge is 2.48. The third kappa shape index (κ3) is 2.16. The van der Waals surface area contributed by atoms with Gasteiger partial charge in [0, 0.05) is 23.9 Å². The molecule has 3 rings (SSSR count). The predicted octanol–water partition coefficient (Wildman–Crippen LogP) is 2.18. The van der Waals surface area contributed by atoms with Gasteiger partial charge in [-0.3, -0.25) is 4.79 Å². The van der Waals surface area contributed by atoms with Gasteiger partial charge in [-0.15, -0.1) is 0 Å². The Morgan fingerprint density at radius 3 is 2.74 bits per heavy atom. The highest BCUT2D eigenvalue weighted by molar-refractivity contribution is 5.85. The van der Waals surface area contributed by atoms with Crippen LogP contribution >= 0.6 is 0 Å². The van der Waals surface area contributed by atoms with E-state index >= 15 is 0 Å². The first kappa shape index (κ1) is 12.7. The number of Topliss-reactive ketones (excluding diaryl/α,β-unsaturated/α-hetero) is 1. The number of ether oxygens (including phenoxy) is 1. The minimum atomic E-state index is 0.0728. The Morgan fingerprint density at radius 2 is 2.05 bits per heavy atom. The molecule has 0 aromatic heterocycles. The van der Waals surface area contributed by atoms with Gasteiger partial charge in [-0.1, -0.05) is 18.2 Å². The Kier molecular flexibility index (Phi) is 3.31. The number of benzene rings is 1. The smallest absolute Gasteiger partial charge is 0.142 e. The average Bonchev–Trinajstić information content (AvgIpc) is 3.00. The van der Waals surface area contributed by atoms with Crippen molar-refractivity contribution in [2.24, 2.45) is 23.5 Å². The normalized spacial score (nSPS) is 32.5. The van der Waals surface area contributed by atoms with E-state index in [1.807, 2.05) is 24.3 Å². The Bertz CT molecular complexity index is 483. The number of carbonyl (C=O) groups is 1. The van der Waals surface area contributed by atoms with Crippen molar-refractivity contribution in [2.45, 2.75) is 31.7 Å².